The predicted octanol–water partition coefficient (Wildman–Crippen LogP) is 4.15. The number of nitrogens with zero attached hydrogens (tertiary/aromatic N) is 2. The largest absolute Gasteiger partial charge is 0.322 e. The van der Waals surface area contributed by atoms with Gasteiger partial charge >= 0.3 is 0 Å². The van der Waals surface area contributed by atoms with Crippen molar-refractivity contribution < 1.29 is 9.18 Å². The van der Waals surface area contributed by atoms with Crippen molar-refractivity contribution in [2.45, 2.75) is 13.8 Å². The Morgan fingerprint density at radius 1 is 1.08 bits per heavy atom. The summed E-state index contributed by atoms with van der Waals surface area (Å²) in [5, 5.41) is 2.67. The Morgan fingerprint density at radius 3 is 2.50 bits per heavy atom. The molecule has 0 radical (unpaired) electrons. The minimum absolute atomic E-state index is 0.357. The highest BCUT2D eigenvalue weighted by Gasteiger charge is 2.13. The number of rotatable bonds is 3. The fourth-order valence-electron chi connectivity index (χ4n) is 2.29. The summed E-state index contributed by atoms with van der Waals surface area (Å²) in [7, 11) is 0. The molecule has 0 aliphatic rings. The molecule has 0 bridgehead atoms. The van der Waals surface area contributed by atoms with Crippen molar-refractivity contribution in [3.8, 4) is 11.4 Å². The van der Waals surface area contributed by atoms with Gasteiger partial charge in [-0.3, -0.25) is 4.79 Å². The molecule has 5 heteroatoms. The van der Waals surface area contributed by atoms with Crippen molar-refractivity contribution >= 4 is 11.6 Å². The van der Waals surface area contributed by atoms with Crippen LogP contribution in [0, 0.1) is 19.7 Å². The fourth-order valence-corrected chi connectivity index (χ4v) is 2.29. The molecule has 0 atom stereocenters. The molecule has 4 nitrogen and oxygen atoms in total. The first-order valence-corrected chi connectivity index (χ1v) is 7.51. The summed E-state index contributed by atoms with van der Waals surface area (Å²) in [5.74, 6) is -0.165. The number of hydrogen-bond acceptors (Lipinski definition) is 3. The number of carbonyl (C=O) groups excluding carboxylic acids is 1. The van der Waals surface area contributed by atoms with Gasteiger partial charge in [0.1, 0.15) is 5.82 Å². The molecule has 0 aliphatic heterocycles. The van der Waals surface area contributed by atoms with Gasteiger partial charge in [-0.05, 0) is 31.5 Å². The van der Waals surface area contributed by atoms with E-state index in [1.54, 1.807) is 26.0 Å². The van der Waals surface area contributed by atoms with E-state index in [1.807, 2.05) is 30.3 Å². The summed E-state index contributed by atoms with van der Waals surface area (Å²) in [4.78, 5) is 21.0. The monoisotopic (exact) mass is 321 g/mol. The Kier molecular flexibility index (Phi) is 4.33. The number of aromatic nitrogens is 2. The number of nitrogens with one attached hydrogen (secondary N) is 1. The van der Waals surface area contributed by atoms with E-state index < -0.39 is 0 Å². The zero-order chi connectivity index (χ0) is 17.1. The lowest BCUT2D eigenvalue weighted by Crippen LogP contribution is -2.15. The second kappa shape index (κ2) is 6.58. The average Bonchev–Trinajstić information content (AvgIpc) is 2.59. The lowest BCUT2D eigenvalue weighted by molar-refractivity contribution is 0.102. The highest BCUT2D eigenvalue weighted by atomic mass is 19.1. The third-order valence-electron chi connectivity index (χ3n) is 3.69. The molecule has 0 aliphatic carbocycles. The first-order chi connectivity index (χ1) is 11.5. The topological polar surface area (TPSA) is 54.9 Å². The summed E-state index contributed by atoms with van der Waals surface area (Å²) in [6, 6.07) is 14.1. The third-order valence-corrected chi connectivity index (χ3v) is 3.69. The lowest BCUT2D eigenvalue weighted by Gasteiger charge is -2.09. The number of amides is 1. The van der Waals surface area contributed by atoms with Crippen LogP contribution in [-0.4, -0.2) is 15.9 Å². The van der Waals surface area contributed by atoms with E-state index in [4.69, 9.17) is 0 Å². The van der Waals surface area contributed by atoms with Crippen LogP contribution < -0.4 is 5.32 Å². The van der Waals surface area contributed by atoms with E-state index in [1.165, 1.54) is 12.3 Å². The van der Waals surface area contributed by atoms with Gasteiger partial charge in [0.2, 0.25) is 0 Å². The highest BCUT2D eigenvalue weighted by Crippen LogP contribution is 2.18. The molecule has 0 fully saturated rings. The highest BCUT2D eigenvalue weighted by molar-refractivity contribution is 6.04. The van der Waals surface area contributed by atoms with Crippen LogP contribution in [0.5, 0.6) is 0 Å². The molecule has 120 valence electrons. The molecule has 0 unspecified atom stereocenters. The minimum Gasteiger partial charge on any atom is -0.322 e. The molecule has 1 aromatic heterocycles. The van der Waals surface area contributed by atoms with Crippen molar-refractivity contribution in [2.24, 2.45) is 0 Å². The van der Waals surface area contributed by atoms with Crippen LogP contribution in [0.4, 0.5) is 10.1 Å². The van der Waals surface area contributed by atoms with Crippen LogP contribution in [0.15, 0.2) is 54.7 Å². The number of anilines is 1. The maximum absolute atomic E-state index is 13.6. The second-order valence-corrected chi connectivity index (χ2v) is 5.48. The summed E-state index contributed by atoms with van der Waals surface area (Å²) < 4.78 is 13.6. The molecular formula is C19H16FN3O. The van der Waals surface area contributed by atoms with Crippen molar-refractivity contribution in [1.29, 1.82) is 0 Å². The van der Waals surface area contributed by atoms with Gasteiger partial charge in [0.25, 0.3) is 5.91 Å². The molecule has 1 heterocycles. The van der Waals surface area contributed by atoms with Crippen molar-refractivity contribution in [3.63, 3.8) is 0 Å². The molecule has 3 aromatic rings. The SMILES string of the molecule is Cc1ccc(NC(=O)c2cnc(-c3ccccc3)nc2C)cc1F. The van der Waals surface area contributed by atoms with E-state index in [2.05, 4.69) is 15.3 Å². The van der Waals surface area contributed by atoms with Gasteiger partial charge in [0.05, 0.1) is 11.3 Å². The van der Waals surface area contributed by atoms with Gasteiger partial charge in [0.15, 0.2) is 5.82 Å². The smallest absolute Gasteiger partial charge is 0.259 e. The fraction of sp³-hybridized carbons (Fsp3) is 0.105. The second-order valence-electron chi connectivity index (χ2n) is 5.48. The number of aryl methyl sites for hydroxylation is 2. The molecule has 1 N–H and O–H groups in total. The first kappa shape index (κ1) is 15.8. The van der Waals surface area contributed by atoms with Crippen LogP contribution in [0.2, 0.25) is 0 Å². The van der Waals surface area contributed by atoms with Crippen LogP contribution in [0.3, 0.4) is 0 Å². The van der Waals surface area contributed by atoms with Gasteiger partial charge in [-0.2, -0.15) is 0 Å². The minimum atomic E-state index is -0.365. The van der Waals surface area contributed by atoms with Crippen LogP contribution in [0.1, 0.15) is 21.6 Å². The molecule has 0 spiro atoms. The molecule has 3 rings (SSSR count). The van der Waals surface area contributed by atoms with E-state index in [-0.39, 0.29) is 11.7 Å². The van der Waals surface area contributed by atoms with Gasteiger partial charge in [-0.15, -0.1) is 0 Å². The van der Waals surface area contributed by atoms with E-state index in [9.17, 15) is 9.18 Å². The number of halogens is 1. The summed E-state index contributed by atoms with van der Waals surface area (Å²) in [5.41, 5.74) is 2.73. The quantitative estimate of drug-likeness (QED) is 0.788. The molecular weight excluding hydrogens is 305 g/mol. The Bertz CT molecular complexity index is 894. The lowest BCUT2D eigenvalue weighted by atomic mass is 10.1. The standard InChI is InChI=1S/C19H16FN3O/c1-12-8-9-15(10-17(12)20)23-19(24)16-11-21-18(22-13(16)2)14-6-4-3-5-7-14/h3-11H,1-2H3,(H,23,24). The van der Waals surface area contributed by atoms with Crippen molar-refractivity contribution in [3.05, 3.63) is 77.4 Å². The maximum atomic E-state index is 13.6. The zero-order valence-electron chi connectivity index (χ0n) is 13.4. The average molecular weight is 321 g/mol. The zero-order valence-corrected chi connectivity index (χ0v) is 13.4. The normalized spacial score (nSPS) is 10.5. The Morgan fingerprint density at radius 2 is 1.83 bits per heavy atom. The summed E-state index contributed by atoms with van der Waals surface area (Å²) in [6.07, 6.45) is 1.49. The molecule has 2 aromatic carbocycles. The van der Waals surface area contributed by atoms with Gasteiger partial charge < -0.3 is 5.32 Å². The van der Waals surface area contributed by atoms with Crippen molar-refractivity contribution in [2.75, 3.05) is 5.32 Å². The van der Waals surface area contributed by atoms with E-state index >= 15 is 0 Å². The van der Waals surface area contributed by atoms with Crippen LogP contribution in [-0.2, 0) is 0 Å². The Labute approximate surface area is 139 Å². The number of carbonyl (C=O) groups is 1. The molecule has 24 heavy (non-hydrogen) atoms. The van der Waals surface area contributed by atoms with E-state index in [0.717, 1.165) is 5.56 Å². The van der Waals surface area contributed by atoms with Gasteiger partial charge in [-0.25, -0.2) is 14.4 Å². The summed E-state index contributed by atoms with van der Waals surface area (Å²) in [6.45, 7) is 3.42. The van der Waals surface area contributed by atoms with Crippen LogP contribution >= 0.6 is 0 Å². The summed E-state index contributed by atoms with van der Waals surface area (Å²) >= 11 is 0. The van der Waals surface area contributed by atoms with Gasteiger partial charge in [0, 0.05) is 17.4 Å². The number of hydrogen-bond donors (Lipinski definition) is 1. The van der Waals surface area contributed by atoms with Gasteiger partial charge in [-0.1, -0.05) is 36.4 Å². The Hall–Kier alpha value is -3.08. The predicted molar refractivity (Wildman–Crippen MR) is 91.3 cm³/mol. The van der Waals surface area contributed by atoms with E-state index in [0.29, 0.717) is 28.3 Å². The molecule has 1 amide bonds. The Balaban J connectivity index is 1.84. The molecule has 0 saturated heterocycles. The molecule has 0 saturated carbocycles. The van der Waals surface area contributed by atoms with Crippen molar-refractivity contribution in [1.82, 2.24) is 9.97 Å². The van der Waals surface area contributed by atoms with Crippen LogP contribution in [0.25, 0.3) is 11.4 Å². The maximum Gasteiger partial charge on any atom is 0.259 e. The first-order valence-electron chi connectivity index (χ1n) is 7.51. The third kappa shape index (κ3) is 3.30. The number of benzene rings is 2.